The number of aliphatic carboxylic acids is 1. The Morgan fingerprint density at radius 1 is 1.20 bits per heavy atom. The van der Waals surface area contributed by atoms with Crippen molar-refractivity contribution in [1.29, 1.82) is 0 Å². The fourth-order valence-corrected chi connectivity index (χ4v) is 3.93. The molecule has 0 spiro atoms. The third-order valence-electron chi connectivity index (χ3n) is 5.07. The van der Waals surface area contributed by atoms with Crippen LogP contribution in [0.2, 0.25) is 0 Å². The van der Waals surface area contributed by atoms with Gasteiger partial charge in [-0.3, -0.25) is 9.69 Å². The van der Waals surface area contributed by atoms with Gasteiger partial charge in [-0.05, 0) is 6.92 Å². The van der Waals surface area contributed by atoms with Crippen molar-refractivity contribution in [3.8, 4) is 0 Å². The summed E-state index contributed by atoms with van der Waals surface area (Å²) in [6.45, 7) is 5.47. The molecule has 0 saturated carbocycles. The summed E-state index contributed by atoms with van der Waals surface area (Å²) in [5.74, 6) is 0.351. The van der Waals surface area contributed by atoms with Crippen molar-refractivity contribution in [3.05, 3.63) is 30.0 Å². The number of benzene rings is 1. The summed E-state index contributed by atoms with van der Waals surface area (Å²) in [6, 6.07) is 8.23. The first kappa shape index (κ1) is 16.2. The van der Waals surface area contributed by atoms with Crippen LogP contribution in [-0.2, 0) is 9.53 Å². The molecular weight excluding hydrogens is 320 g/mol. The average molecular weight is 342 g/mol. The molecule has 7 heteroatoms. The van der Waals surface area contributed by atoms with Gasteiger partial charge in [0.1, 0.15) is 0 Å². The van der Waals surface area contributed by atoms with Crippen LogP contribution in [0.3, 0.4) is 0 Å². The second-order valence-corrected chi connectivity index (χ2v) is 6.94. The van der Waals surface area contributed by atoms with Crippen LogP contribution in [0.25, 0.3) is 10.8 Å². The van der Waals surface area contributed by atoms with Crippen LogP contribution in [0.15, 0.2) is 24.3 Å². The second-order valence-electron chi connectivity index (χ2n) is 6.94. The summed E-state index contributed by atoms with van der Waals surface area (Å²) in [5, 5.41) is 20.3. The highest BCUT2D eigenvalue weighted by Gasteiger charge is 2.35. The third-order valence-corrected chi connectivity index (χ3v) is 5.07. The highest BCUT2D eigenvalue weighted by molar-refractivity contribution is 5.93. The molecular formula is C18H22N4O3. The number of hydrogen-bond donors (Lipinski definition) is 1. The summed E-state index contributed by atoms with van der Waals surface area (Å²) >= 11 is 0. The minimum Gasteiger partial charge on any atom is -0.480 e. The van der Waals surface area contributed by atoms with E-state index in [9.17, 15) is 9.90 Å². The van der Waals surface area contributed by atoms with Gasteiger partial charge in [0.05, 0.1) is 31.5 Å². The van der Waals surface area contributed by atoms with E-state index in [4.69, 9.17) is 4.74 Å². The van der Waals surface area contributed by atoms with Crippen LogP contribution < -0.4 is 4.90 Å². The minimum absolute atomic E-state index is 0.0467. The van der Waals surface area contributed by atoms with Gasteiger partial charge in [-0.1, -0.05) is 24.3 Å². The zero-order valence-corrected chi connectivity index (χ0v) is 14.3. The van der Waals surface area contributed by atoms with Gasteiger partial charge >= 0.3 is 5.97 Å². The lowest BCUT2D eigenvalue weighted by Gasteiger charge is -2.31. The lowest BCUT2D eigenvalue weighted by molar-refractivity contribution is -0.138. The zero-order valence-electron chi connectivity index (χ0n) is 14.3. The van der Waals surface area contributed by atoms with Crippen molar-refractivity contribution in [3.63, 3.8) is 0 Å². The largest absolute Gasteiger partial charge is 0.480 e. The summed E-state index contributed by atoms with van der Waals surface area (Å²) in [7, 11) is 0. The first-order chi connectivity index (χ1) is 12.1. The zero-order chi connectivity index (χ0) is 17.4. The predicted octanol–water partition coefficient (Wildman–Crippen LogP) is 1.16. The quantitative estimate of drug-likeness (QED) is 0.897. The van der Waals surface area contributed by atoms with Crippen LogP contribution in [0.4, 0.5) is 5.82 Å². The maximum absolute atomic E-state index is 11.2. The molecule has 2 aromatic rings. The Labute approximate surface area is 146 Å². The van der Waals surface area contributed by atoms with Crippen LogP contribution in [0.1, 0.15) is 5.69 Å². The van der Waals surface area contributed by atoms with Crippen LogP contribution >= 0.6 is 0 Å². The van der Waals surface area contributed by atoms with Crippen molar-refractivity contribution >= 4 is 22.6 Å². The maximum Gasteiger partial charge on any atom is 0.317 e. The molecule has 0 amide bonds. The number of carboxylic acids is 1. The van der Waals surface area contributed by atoms with Gasteiger partial charge in [0.15, 0.2) is 5.82 Å². The molecule has 0 radical (unpaired) electrons. The summed E-state index contributed by atoms with van der Waals surface area (Å²) in [6.07, 6.45) is 0. The number of carboxylic acid groups (broad SMARTS) is 1. The Morgan fingerprint density at radius 2 is 2.00 bits per heavy atom. The van der Waals surface area contributed by atoms with E-state index in [1.54, 1.807) is 0 Å². The van der Waals surface area contributed by atoms with E-state index in [1.165, 1.54) is 0 Å². The Kier molecular flexibility index (Phi) is 4.27. The van der Waals surface area contributed by atoms with Gasteiger partial charge in [-0.2, -0.15) is 5.10 Å². The number of carbonyl (C=O) groups is 1. The average Bonchev–Trinajstić information content (AvgIpc) is 2.85. The molecule has 2 atom stereocenters. The van der Waals surface area contributed by atoms with E-state index in [2.05, 4.69) is 27.2 Å². The first-order valence-corrected chi connectivity index (χ1v) is 8.62. The molecule has 1 N–H and O–H groups in total. The molecule has 1 aromatic carbocycles. The molecule has 3 heterocycles. The summed E-state index contributed by atoms with van der Waals surface area (Å²) in [5.41, 5.74) is 0.921. The summed E-state index contributed by atoms with van der Waals surface area (Å²) < 4.78 is 5.77. The van der Waals surface area contributed by atoms with Crippen molar-refractivity contribution in [2.75, 3.05) is 44.3 Å². The minimum atomic E-state index is -0.792. The van der Waals surface area contributed by atoms with Crippen molar-refractivity contribution < 1.29 is 14.6 Å². The highest BCUT2D eigenvalue weighted by atomic mass is 16.5. The van der Waals surface area contributed by atoms with Gasteiger partial charge in [0, 0.05) is 36.3 Å². The molecule has 2 fully saturated rings. The Hall–Kier alpha value is -2.25. The van der Waals surface area contributed by atoms with E-state index in [-0.39, 0.29) is 18.5 Å². The topological polar surface area (TPSA) is 78.8 Å². The monoisotopic (exact) mass is 342 g/mol. The summed E-state index contributed by atoms with van der Waals surface area (Å²) in [4.78, 5) is 15.5. The van der Waals surface area contributed by atoms with Crippen molar-refractivity contribution in [2.24, 2.45) is 5.92 Å². The van der Waals surface area contributed by atoms with Gasteiger partial charge in [-0.15, -0.1) is 5.10 Å². The lowest BCUT2D eigenvalue weighted by Crippen LogP contribution is -2.46. The molecule has 2 saturated heterocycles. The number of nitrogens with zero attached hydrogens (tertiary/aromatic N) is 4. The first-order valence-electron chi connectivity index (χ1n) is 8.62. The van der Waals surface area contributed by atoms with E-state index < -0.39 is 5.97 Å². The second kappa shape index (κ2) is 6.57. The van der Waals surface area contributed by atoms with Crippen molar-refractivity contribution in [1.82, 2.24) is 15.1 Å². The number of rotatable bonds is 3. The van der Waals surface area contributed by atoms with Crippen LogP contribution in [0.5, 0.6) is 0 Å². The molecule has 1 aromatic heterocycles. The SMILES string of the molecule is Cc1nnc(N2C[C@@H]3COC[C@H](C2)N(CC(=O)O)C3)c2ccccc12. The van der Waals surface area contributed by atoms with E-state index in [0.29, 0.717) is 19.8 Å². The number of anilines is 1. The van der Waals surface area contributed by atoms with Gasteiger partial charge < -0.3 is 14.7 Å². The lowest BCUT2D eigenvalue weighted by atomic mass is 10.1. The molecule has 0 unspecified atom stereocenters. The maximum atomic E-state index is 11.2. The molecule has 25 heavy (non-hydrogen) atoms. The van der Waals surface area contributed by atoms with Gasteiger partial charge in [0.2, 0.25) is 0 Å². The number of hydrogen-bond acceptors (Lipinski definition) is 6. The molecule has 7 nitrogen and oxygen atoms in total. The Bertz CT molecular complexity index is 797. The fraction of sp³-hybridized carbons (Fsp3) is 0.500. The predicted molar refractivity (Wildman–Crippen MR) is 93.8 cm³/mol. The third kappa shape index (κ3) is 3.17. The number of aryl methyl sites for hydroxylation is 1. The van der Waals surface area contributed by atoms with Gasteiger partial charge in [0.25, 0.3) is 0 Å². The molecule has 2 aliphatic heterocycles. The normalized spacial score (nSPS) is 24.3. The van der Waals surface area contributed by atoms with E-state index >= 15 is 0 Å². The fourth-order valence-electron chi connectivity index (χ4n) is 3.93. The smallest absolute Gasteiger partial charge is 0.317 e. The van der Waals surface area contributed by atoms with E-state index in [0.717, 1.165) is 35.4 Å². The Balaban J connectivity index is 1.70. The van der Waals surface area contributed by atoms with Gasteiger partial charge in [-0.25, -0.2) is 0 Å². The van der Waals surface area contributed by atoms with Crippen molar-refractivity contribution in [2.45, 2.75) is 13.0 Å². The van der Waals surface area contributed by atoms with Crippen LogP contribution in [0, 0.1) is 12.8 Å². The number of fused-ring (bicyclic) bond motifs is 4. The molecule has 4 rings (SSSR count). The molecule has 0 aliphatic carbocycles. The van der Waals surface area contributed by atoms with E-state index in [1.807, 2.05) is 24.0 Å². The number of ether oxygens (including phenoxy) is 1. The molecule has 2 aliphatic rings. The molecule has 132 valence electrons. The highest BCUT2D eigenvalue weighted by Crippen LogP contribution is 2.29. The number of aromatic nitrogens is 2. The standard InChI is InChI=1S/C18H22N4O3/c1-12-15-4-2-3-5-16(15)18(20-19-12)22-7-13-6-21(9-17(23)24)14(8-22)11-25-10-13/h2-5,13-14H,6-11H2,1H3,(H,23,24)/t13-,14+/m1/s1. The van der Waals surface area contributed by atoms with Crippen LogP contribution in [-0.4, -0.2) is 71.6 Å². The molecule has 2 bridgehead atoms. The Morgan fingerprint density at radius 3 is 2.80 bits per heavy atom.